The maximum Gasteiger partial charge on any atom is 0.251 e. The number of nitrogens with zero attached hydrogens (tertiary/aromatic N) is 1. The smallest absolute Gasteiger partial charge is 0.251 e. The molecule has 2 aromatic rings. The van der Waals surface area contributed by atoms with Crippen molar-refractivity contribution in [2.45, 2.75) is 16.7 Å². The Balaban J connectivity index is 1.94. The summed E-state index contributed by atoms with van der Waals surface area (Å²) in [4.78, 5) is 16.0. The van der Waals surface area contributed by atoms with Crippen molar-refractivity contribution in [3.8, 4) is 12.3 Å². The Bertz CT molecular complexity index is 787. The standard InChI is InChI=1S/C20H22FN3OS/c1-3-12-24(4-2)13-11-23-20(25)15-5-10-19(18(22)14-15)26-17-8-6-16(21)7-9-17/h1,5-10,14H,4,11-13,22H2,2H3,(H,23,25). The van der Waals surface area contributed by atoms with Gasteiger partial charge in [0.15, 0.2) is 0 Å². The Morgan fingerprint density at radius 2 is 2.04 bits per heavy atom. The second-order valence-electron chi connectivity index (χ2n) is 5.64. The van der Waals surface area contributed by atoms with Crippen LogP contribution in [-0.2, 0) is 0 Å². The van der Waals surface area contributed by atoms with Crippen LogP contribution >= 0.6 is 11.8 Å². The van der Waals surface area contributed by atoms with Crippen molar-refractivity contribution >= 4 is 23.4 Å². The number of carbonyl (C=O) groups is 1. The van der Waals surface area contributed by atoms with Gasteiger partial charge in [-0.3, -0.25) is 9.69 Å². The van der Waals surface area contributed by atoms with Gasteiger partial charge in [0, 0.05) is 34.1 Å². The summed E-state index contributed by atoms with van der Waals surface area (Å²) in [5.74, 6) is 2.15. The number of nitrogens with two attached hydrogens (primary N) is 1. The maximum absolute atomic E-state index is 13.0. The van der Waals surface area contributed by atoms with Gasteiger partial charge in [0.1, 0.15) is 5.82 Å². The van der Waals surface area contributed by atoms with E-state index < -0.39 is 0 Å². The molecule has 6 heteroatoms. The molecule has 4 nitrogen and oxygen atoms in total. The van der Waals surface area contributed by atoms with Crippen LogP contribution in [-0.4, -0.2) is 37.0 Å². The second-order valence-corrected chi connectivity index (χ2v) is 6.75. The van der Waals surface area contributed by atoms with Gasteiger partial charge in [-0.05, 0) is 49.0 Å². The van der Waals surface area contributed by atoms with Gasteiger partial charge in [-0.15, -0.1) is 6.42 Å². The minimum atomic E-state index is -0.279. The highest BCUT2D eigenvalue weighted by atomic mass is 32.2. The minimum Gasteiger partial charge on any atom is -0.398 e. The summed E-state index contributed by atoms with van der Waals surface area (Å²) in [6, 6.07) is 11.4. The molecule has 26 heavy (non-hydrogen) atoms. The zero-order valence-corrected chi connectivity index (χ0v) is 15.5. The van der Waals surface area contributed by atoms with E-state index in [9.17, 15) is 9.18 Å². The summed E-state index contributed by atoms with van der Waals surface area (Å²) in [6.45, 7) is 4.63. The lowest BCUT2D eigenvalue weighted by Gasteiger charge is -2.17. The van der Waals surface area contributed by atoms with Crippen molar-refractivity contribution in [3.05, 3.63) is 53.8 Å². The quantitative estimate of drug-likeness (QED) is 0.552. The SMILES string of the molecule is C#CCN(CC)CCNC(=O)c1ccc(Sc2ccc(F)cc2)c(N)c1. The molecule has 0 saturated heterocycles. The number of carbonyl (C=O) groups excluding carboxylic acids is 1. The van der Waals surface area contributed by atoms with Crippen LogP contribution in [0.4, 0.5) is 10.1 Å². The van der Waals surface area contributed by atoms with Gasteiger partial charge in [0.2, 0.25) is 0 Å². The number of halogens is 1. The van der Waals surface area contributed by atoms with Gasteiger partial charge in [0.05, 0.1) is 6.54 Å². The number of benzene rings is 2. The first kappa shape index (κ1) is 19.8. The Kier molecular flexibility index (Phi) is 7.52. The Morgan fingerprint density at radius 1 is 1.31 bits per heavy atom. The molecule has 0 aliphatic rings. The first-order chi connectivity index (χ1) is 12.5. The van der Waals surface area contributed by atoms with Gasteiger partial charge < -0.3 is 11.1 Å². The van der Waals surface area contributed by atoms with E-state index in [2.05, 4.69) is 16.1 Å². The fourth-order valence-corrected chi connectivity index (χ4v) is 3.16. The topological polar surface area (TPSA) is 58.4 Å². The molecule has 0 radical (unpaired) electrons. The molecule has 0 aromatic heterocycles. The molecule has 0 spiro atoms. The van der Waals surface area contributed by atoms with Crippen molar-refractivity contribution in [1.29, 1.82) is 0 Å². The molecule has 3 N–H and O–H groups in total. The van der Waals surface area contributed by atoms with Gasteiger partial charge in [0.25, 0.3) is 5.91 Å². The van der Waals surface area contributed by atoms with E-state index in [1.54, 1.807) is 30.3 Å². The van der Waals surface area contributed by atoms with E-state index in [4.69, 9.17) is 12.2 Å². The largest absolute Gasteiger partial charge is 0.398 e. The molecule has 0 atom stereocenters. The highest BCUT2D eigenvalue weighted by molar-refractivity contribution is 7.99. The van der Waals surface area contributed by atoms with E-state index in [1.165, 1.54) is 23.9 Å². The third-order valence-electron chi connectivity index (χ3n) is 3.79. The number of terminal acetylenes is 1. The normalized spacial score (nSPS) is 10.5. The second kappa shape index (κ2) is 9.85. The van der Waals surface area contributed by atoms with Crippen molar-refractivity contribution in [2.24, 2.45) is 0 Å². The zero-order chi connectivity index (χ0) is 18.9. The van der Waals surface area contributed by atoms with Gasteiger partial charge >= 0.3 is 0 Å². The third kappa shape index (κ3) is 5.80. The lowest BCUT2D eigenvalue weighted by Crippen LogP contribution is -2.35. The van der Waals surface area contributed by atoms with Crippen LogP contribution in [0.5, 0.6) is 0 Å². The Morgan fingerprint density at radius 3 is 2.65 bits per heavy atom. The van der Waals surface area contributed by atoms with Gasteiger partial charge in [-0.1, -0.05) is 24.6 Å². The predicted octanol–water partition coefficient (Wildman–Crippen LogP) is 3.24. The molecule has 0 aliphatic carbocycles. The third-order valence-corrected chi connectivity index (χ3v) is 4.89. The molecular formula is C20H22FN3OS. The van der Waals surface area contributed by atoms with Crippen LogP contribution in [0.2, 0.25) is 0 Å². The van der Waals surface area contributed by atoms with Crippen LogP contribution in [0.15, 0.2) is 52.3 Å². The number of rotatable bonds is 8. The first-order valence-corrected chi connectivity index (χ1v) is 9.12. The molecular weight excluding hydrogens is 349 g/mol. The number of likely N-dealkylation sites (N-methyl/N-ethyl adjacent to an activating group) is 1. The summed E-state index contributed by atoms with van der Waals surface area (Å²) in [5.41, 5.74) is 7.08. The average molecular weight is 371 g/mol. The summed E-state index contributed by atoms with van der Waals surface area (Å²) in [7, 11) is 0. The van der Waals surface area contributed by atoms with Crippen LogP contribution in [0.3, 0.4) is 0 Å². The Labute approximate surface area is 158 Å². The lowest BCUT2D eigenvalue weighted by molar-refractivity contribution is 0.0949. The molecule has 0 fully saturated rings. The van der Waals surface area contributed by atoms with E-state index in [0.29, 0.717) is 30.9 Å². The monoisotopic (exact) mass is 371 g/mol. The number of amides is 1. The Hall–Kier alpha value is -2.49. The molecule has 0 bridgehead atoms. The fourth-order valence-electron chi connectivity index (χ4n) is 2.32. The molecule has 2 aromatic carbocycles. The van der Waals surface area contributed by atoms with Crippen LogP contribution < -0.4 is 11.1 Å². The van der Waals surface area contributed by atoms with Gasteiger partial charge in [-0.2, -0.15) is 0 Å². The molecule has 0 unspecified atom stereocenters. The van der Waals surface area contributed by atoms with Crippen molar-refractivity contribution in [3.63, 3.8) is 0 Å². The van der Waals surface area contributed by atoms with Gasteiger partial charge in [-0.25, -0.2) is 4.39 Å². The number of nitrogen functional groups attached to an aromatic ring is 1. The van der Waals surface area contributed by atoms with Crippen LogP contribution in [0.1, 0.15) is 17.3 Å². The minimum absolute atomic E-state index is 0.174. The molecule has 0 saturated carbocycles. The van der Waals surface area contributed by atoms with E-state index >= 15 is 0 Å². The molecule has 0 heterocycles. The first-order valence-electron chi connectivity index (χ1n) is 8.30. The molecule has 136 valence electrons. The summed E-state index contributed by atoms with van der Waals surface area (Å²) in [6.07, 6.45) is 5.31. The summed E-state index contributed by atoms with van der Waals surface area (Å²) >= 11 is 1.42. The van der Waals surface area contributed by atoms with Crippen LogP contribution in [0, 0.1) is 18.2 Å². The maximum atomic E-state index is 13.0. The highest BCUT2D eigenvalue weighted by Gasteiger charge is 2.10. The fraction of sp³-hybridized carbons (Fsp3) is 0.250. The van der Waals surface area contributed by atoms with Crippen LogP contribution in [0.25, 0.3) is 0 Å². The number of anilines is 1. The molecule has 1 amide bonds. The van der Waals surface area contributed by atoms with Crippen molar-refractivity contribution < 1.29 is 9.18 Å². The number of nitrogens with one attached hydrogen (secondary N) is 1. The zero-order valence-electron chi connectivity index (χ0n) is 14.7. The van der Waals surface area contributed by atoms with E-state index in [1.807, 2.05) is 6.92 Å². The van der Waals surface area contributed by atoms with Crippen molar-refractivity contribution in [1.82, 2.24) is 10.2 Å². The molecule has 2 rings (SSSR count). The summed E-state index contributed by atoms with van der Waals surface area (Å²) in [5, 5.41) is 2.87. The lowest BCUT2D eigenvalue weighted by atomic mass is 10.2. The summed E-state index contributed by atoms with van der Waals surface area (Å²) < 4.78 is 13.0. The predicted molar refractivity (Wildman–Crippen MR) is 105 cm³/mol. The van der Waals surface area contributed by atoms with Crippen molar-refractivity contribution in [2.75, 3.05) is 31.9 Å². The number of hydrogen-bond donors (Lipinski definition) is 2. The van der Waals surface area contributed by atoms with E-state index in [0.717, 1.165) is 16.3 Å². The number of hydrogen-bond acceptors (Lipinski definition) is 4. The average Bonchev–Trinajstić information content (AvgIpc) is 2.64. The highest BCUT2D eigenvalue weighted by Crippen LogP contribution is 2.32. The molecule has 0 aliphatic heterocycles. The van der Waals surface area contributed by atoms with E-state index in [-0.39, 0.29) is 11.7 Å².